The van der Waals surface area contributed by atoms with Gasteiger partial charge in [0.1, 0.15) is 0 Å². The summed E-state index contributed by atoms with van der Waals surface area (Å²) in [6.45, 7) is 3.78. The van der Waals surface area contributed by atoms with E-state index < -0.39 is 23.3 Å². The molecular weight excluding hydrogens is 356 g/mol. The van der Waals surface area contributed by atoms with Crippen molar-refractivity contribution >= 4 is 0 Å². The molecular formula is C22H18F4O. The zero-order valence-electron chi connectivity index (χ0n) is 15.0. The highest BCUT2D eigenvalue weighted by molar-refractivity contribution is 5.72. The van der Waals surface area contributed by atoms with Crippen molar-refractivity contribution < 1.29 is 22.3 Å². The van der Waals surface area contributed by atoms with Crippen LogP contribution in [0.15, 0.2) is 48.5 Å². The monoisotopic (exact) mass is 374 g/mol. The van der Waals surface area contributed by atoms with Gasteiger partial charge in [-0.25, -0.2) is 13.2 Å². The first kappa shape index (κ1) is 19.0. The standard InChI is InChI=1S/C22H18F4O/c1-3-13-5-7-14(8-6-13)15-9-10-16(20(24)19(15)23)17-11-12-18(27-4-2)22(26)21(17)25/h5-12H,3-4H2,1-2H3. The Balaban J connectivity index is 2.06. The van der Waals surface area contributed by atoms with Crippen LogP contribution in [0.3, 0.4) is 0 Å². The van der Waals surface area contributed by atoms with Crippen molar-refractivity contribution in [3.05, 3.63) is 77.4 Å². The highest BCUT2D eigenvalue weighted by Gasteiger charge is 2.21. The predicted molar refractivity (Wildman–Crippen MR) is 97.7 cm³/mol. The summed E-state index contributed by atoms with van der Waals surface area (Å²) in [4.78, 5) is 0. The summed E-state index contributed by atoms with van der Waals surface area (Å²) < 4.78 is 62.7. The van der Waals surface area contributed by atoms with Crippen molar-refractivity contribution in [3.63, 3.8) is 0 Å². The molecule has 0 heterocycles. The second kappa shape index (κ2) is 7.82. The molecule has 0 aliphatic rings. The first-order valence-electron chi connectivity index (χ1n) is 8.66. The molecule has 3 aromatic rings. The van der Waals surface area contributed by atoms with Crippen molar-refractivity contribution in [1.29, 1.82) is 0 Å². The Hall–Kier alpha value is -2.82. The molecule has 0 unspecified atom stereocenters. The average molecular weight is 374 g/mol. The fourth-order valence-corrected chi connectivity index (χ4v) is 2.91. The minimum atomic E-state index is -1.28. The molecule has 0 atom stereocenters. The number of benzene rings is 3. The van der Waals surface area contributed by atoms with Gasteiger partial charge in [-0.15, -0.1) is 0 Å². The molecule has 0 radical (unpaired) electrons. The second-order valence-electron chi connectivity index (χ2n) is 6.01. The van der Waals surface area contributed by atoms with Crippen LogP contribution in [-0.4, -0.2) is 6.61 Å². The number of hydrogen-bond donors (Lipinski definition) is 0. The van der Waals surface area contributed by atoms with E-state index >= 15 is 0 Å². The molecule has 0 bridgehead atoms. The van der Waals surface area contributed by atoms with Crippen LogP contribution in [0.2, 0.25) is 0 Å². The van der Waals surface area contributed by atoms with Gasteiger partial charge in [-0.05, 0) is 36.6 Å². The fraction of sp³-hybridized carbons (Fsp3) is 0.182. The second-order valence-corrected chi connectivity index (χ2v) is 6.01. The average Bonchev–Trinajstić information content (AvgIpc) is 2.68. The van der Waals surface area contributed by atoms with Crippen LogP contribution in [0.1, 0.15) is 19.4 Å². The van der Waals surface area contributed by atoms with E-state index in [1.807, 2.05) is 19.1 Å². The maximum atomic E-state index is 14.6. The SMILES string of the molecule is CCOc1ccc(-c2ccc(-c3ccc(CC)cc3)c(F)c2F)c(F)c1F. The van der Waals surface area contributed by atoms with Crippen molar-refractivity contribution in [3.8, 4) is 28.0 Å². The van der Waals surface area contributed by atoms with Gasteiger partial charge in [0.05, 0.1) is 6.61 Å². The van der Waals surface area contributed by atoms with Crippen molar-refractivity contribution in [2.75, 3.05) is 6.61 Å². The first-order valence-corrected chi connectivity index (χ1v) is 8.66. The molecule has 27 heavy (non-hydrogen) atoms. The number of ether oxygens (including phenoxy) is 1. The van der Waals surface area contributed by atoms with Crippen LogP contribution in [-0.2, 0) is 6.42 Å². The summed E-state index contributed by atoms with van der Waals surface area (Å²) >= 11 is 0. The van der Waals surface area contributed by atoms with Gasteiger partial charge in [-0.1, -0.05) is 43.3 Å². The molecule has 0 N–H and O–H groups in total. The Bertz CT molecular complexity index is 965. The summed E-state index contributed by atoms with van der Waals surface area (Å²) in [5.41, 5.74) is 0.934. The van der Waals surface area contributed by atoms with Crippen LogP contribution in [0.25, 0.3) is 22.3 Å². The molecule has 0 fully saturated rings. The van der Waals surface area contributed by atoms with Crippen LogP contribution >= 0.6 is 0 Å². The number of halogens is 4. The maximum absolute atomic E-state index is 14.6. The van der Waals surface area contributed by atoms with E-state index in [0.29, 0.717) is 5.56 Å². The van der Waals surface area contributed by atoms with Crippen molar-refractivity contribution in [2.24, 2.45) is 0 Å². The van der Waals surface area contributed by atoms with E-state index in [-0.39, 0.29) is 29.0 Å². The smallest absolute Gasteiger partial charge is 0.201 e. The van der Waals surface area contributed by atoms with Gasteiger partial charge in [0.2, 0.25) is 5.82 Å². The van der Waals surface area contributed by atoms with E-state index in [4.69, 9.17) is 4.74 Å². The molecule has 3 aromatic carbocycles. The first-order chi connectivity index (χ1) is 13.0. The van der Waals surface area contributed by atoms with Gasteiger partial charge in [-0.2, -0.15) is 4.39 Å². The lowest BCUT2D eigenvalue weighted by molar-refractivity contribution is 0.314. The zero-order chi connectivity index (χ0) is 19.6. The Morgan fingerprint density at radius 1 is 0.630 bits per heavy atom. The fourth-order valence-electron chi connectivity index (χ4n) is 2.91. The van der Waals surface area contributed by atoms with Crippen LogP contribution in [0, 0.1) is 23.3 Å². The lowest BCUT2D eigenvalue weighted by Crippen LogP contribution is -2.00. The zero-order valence-corrected chi connectivity index (χ0v) is 15.0. The number of aryl methyl sites for hydroxylation is 1. The van der Waals surface area contributed by atoms with Gasteiger partial charge in [0, 0.05) is 16.7 Å². The highest BCUT2D eigenvalue weighted by atomic mass is 19.2. The molecule has 0 saturated heterocycles. The predicted octanol–water partition coefficient (Wildman–Crippen LogP) is 6.54. The Morgan fingerprint density at radius 2 is 1.15 bits per heavy atom. The lowest BCUT2D eigenvalue weighted by Gasteiger charge is -2.12. The van der Waals surface area contributed by atoms with E-state index in [9.17, 15) is 17.6 Å². The van der Waals surface area contributed by atoms with Crippen LogP contribution < -0.4 is 4.74 Å². The molecule has 3 rings (SSSR count). The summed E-state index contributed by atoms with van der Waals surface area (Å²) in [6.07, 6.45) is 0.832. The molecule has 0 aromatic heterocycles. The van der Waals surface area contributed by atoms with Gasteiger partial charge >= 0.3 is 0 Å². The minimum Gasteiger partial charge on any atom is -0.491 e. The summed E-state index contributed by atoms with van der Waals surface area (Å²) in [6, 6.07) is 12.1. The van der Waals surface area contributed by atoms with Crippen molar-refractivity contribution in [2.45, 2.75) is 20.3 Å². The van der Waals surface area contributed by atoms with Crippen LogP contribution in [0.5, 0.6) is 5.75 Å². The third-order valence-corrected chi connectivity index (χ3v) is 4.39. The highest BCUT2D eigenvalue weighted by Crippen LogP contribution is 2.35. The summed E-state index contributed by atoms with van der Waals surface area (Å²) in [7, 11) is 0. The van der Waals surface area contributed by atoms with Crippen molar-refractivity contribution in [1.82, 2.24) is 0 Å². The molecule has 0 amide bonds. The van der Waals surface area contributed by atoms with E-state index in [0.717, 1.165) is 12.0 Å². The Kier molecular flexibility index (Phi) is 5.49. The largest absolute Gasteiger partial charge is 0.491 e. The lowest BCUT2D eigenvalue weighted by atomic mass is 9.97. The molecule has 1 nitrogen and oxygen atoms in total. The molecule has 0 spiro atoms. The third-order valence-electron chi connectivity index (χ3n) is 4.39. The molecule has 0 aliphatic heterocycles. The van der Waals surface area contributed by atoms with Gasteiger partial charge in [-0.3, -0.25) is 0 Å². The quantitative estimate of drug-likeness (QED) is 0.461. The Morgan fingerprint density at radius 3 is 1.74 bits per heavy atom. The molecule has 140 valence electrons. The van der Waals surface area contributed by atoms with Gasteiger partial charge in [0.15, 0.2) is 23.2 Å². The molecule has 5 heteroatoms. The third kappa shape index (κ3) is 3.54. The van der Waals surface area contributed by atoms with Crippen LogP contribution in [0.4, 0.5) is 17.6 Å². The molecule has 0 saturated carbocycles. The normalized spacial score (nSPS) is 10.9. The van der Waals surface area contributed by atoms with E-state index in [1.165, 1.54) is 24.3 Å². The summed E-state index contributed by atoms with van der Waals surface area (Å²) in [5.74, 6) is -5.11. The van der Waals surface area contributed by atoms with Gasteiger partial charge in [0.25, 0.3) is 0 Å². The Labute approximate surface area is 155 Å². The topological polar surface area (TPSA) is 9.23 Å². The van der Waals surface area contributed by atoms with E-state index in [1.54, 1.807) is 19.1 Å². The number of rotatable bonds is 5. The van der Waals surface area contributed by atoms with E-state index in [2.05, 4.69) is 0 Å². The maximum Gasteiger partial charge on any atom is 0.201 e. The minimum absolute atomic E-state index is 0.0609. The van der Waals surface area contributed by atoms with Gasteiger partial charge < -0.3 is 4.74 Å². The molecule has 0 aliphatic carbocycles. The summed E-state index contributed by atoms with van der Waals surface area (Å²) in [5, 5.41) is 0. The number of hydrogen-bond acceptors (Lipinski definition) is 1.